The van der Waals surface area contributed by atoms with Crippen LogP contribution in [-0.2, 0) is 11.2 Å². The molecule has 0 radical (unpaired) electrons. The van der Waals surface area contributed by atoms with Crippen molar-refractivity contribution in [2.45, 2.75) is 46.0 Å². The molecule has 3 amide bonds. The fourth-order valence-corrected chi connectivity index (χ4v) is 3.42. The van der Waals surface area contributed by atoms with E-state index in [1.165, 1.54) is 10.5 Å². The van der Waals surface area contributed by atoms with Crippen LogP contribution in [0.15, 0.2) is 18.2 Å². The van der Waals surface area contributed by atoms with E-state index in [-0.39, 0.29) is 24.1 Å². The Bertz CT molecular complexity index is 655. The van der Waals surface area contributed by atoms with Gasteiger partial charge in [0, 0.05) is 13.1 Å². The highest BCUT2D eigenvalue weighted by molar-refractivity contribution is 6.02. The van der Waals surface area contributed by atoms with Gasteiger partial charge in [-0.2, -0.15) is 0 Å². The van der Waals surface area contributed by atoms with Crippen LogP contribution in [0.3, 0.4) is 0 Å². The molecule has 1 aromatic carbocycles. The van der Waals surface area contributed by atoms with Gasteiger partial charge in [0.1, 0.15) is 0 Å². The van der Waals surface area contributed by atoms with Gasteiger partial charge in [0.2, 0.25) is 12.7 Å². The molecule has 1 fully saturated rings. The Hall–Kier alpha value is -2.24. The summed E-state index contributed by atoms with van der Waals surface area (Å²) >= 11 is 0. The van der Waals surface area contributed by atoms with Gasteiger partial charge in [-0.15, -0.1) is 0 Å². The van der Waals surface area contributed by atoms with E-state index in [0.717, 1.165) is 43.6 Å². The van der Waals surface area contributed by atoms with E-state index in [0.29, 0.717) is 13.1 Å². The lowest BCUT2D eigenvalue weighted by Gasteiger charge is -2.46. The number of unbranched alkanes of at least 4 members (excludes halogenated alkanes) is 1. The lowest BCUT2D eigenvalue weighted by atomic mass is 9.74. The number of β-lactam (4-membered cyclic amide) rings is 1. The van der Waals surface area contributed by atoms with Crippen molar-refractivity contribution in [3.8, 4) is 11.5 Å². The Morgan fingerprint density at radius 3 is 2.68 bits per heavy atom. The normalized spacial score (nSPS) is 17.4. The average Bonchev–Trinajstić information content (AvgIpc) is 3.09. The summed E-state index contributed by atoms with van der Waals surface area (Å²) in [5, 5.41) is 2.85. The maximum Gasteiger partial charge on any atom is 0.324 e. The van der Waals surface area contributed by atoms with E-state index in [1.807, 2.05) is 32.0 Å². The van der Waals surface area contributed by atoms with Crippen LogP contribution in [0.1, 0.15) is 45.1 Å². The first-order valence-electron chi connectivity index (χ1n) is 9.08. The van der Waals surface area contributed by atoms with Crippen LogP contribution < -0.4 is 14.8 Å². The van der Waals surface area contributed by atoms with E-state index < -0.39 is 0 Å². The Morgan fingerprint density at radius 2 is 1.96 bits per heavy atom. The maximum absolute atomic E-state index is 12.2. The quantitative estimate of drug-likeness (QED) is 0.608. The molecule has 0 spiro atoms. The number of benzene rings is 1. The van der Waals surface area contributed by atoms with Crippen LogP contribution in [0.25, 0.3) is 0 Å². The second-order valence-corrected chi connectivity index (χ2v) is 6.76. The SMILES string of the molecule is CCC1(CC)CN(C(=O)NCCCCc2ccc3c(c2)OCO3)C1=O. The van der Waals surface area contributed by atoms with Crippen molar-refractivity contribution >= 4 is 11.9 Å². The lowest BCUT2D eigenvalue weighted by molar-refractivity contribution is -0.155. The van der Waals surface area contributed by atoms with Crippen LogP contribution >= 0.6 is 0 Å². The number of likely N-dealkylation sites (tertiary alicyclic amines) is 1. The summed E-state index contributed by atoms with van der Waals surface area (Å²) in [4.78, 5) is 25.6. The molecule has 2 heterocycles. The zero-order chi connectivity index (χ0) is 17.9. The van der Waals surface area contributed by atoms with Crippen molar-refractivity contribution in [3.63, 3.8) is 0 Å². The largest absolute Gasteiger partial charge is 0.454 e. The number of carbonyl (C=O) groups excluding carboxylic acids is 2. The first-order valence-corrected chi connectivity index (χ1v) is 9.08. The van der Waals surface area contributed by atoms with Crippen molar-refractivity contribution in [1.82, 2.24) is 10.2 Å². The van der Waals surface area contributed by atoms with Crippen molar-refractivity contribution in [2.75, 3.05) is 19.9 Å². The second-order valence-electron chi connectivity index (χ2n) is 6.76. The first-order chi connectivity index (χ1) is 12.1. The molecule has 25 heavy (non-hydrogen) atoms. The molecule has 2 aliphatic rings. The molecular weight excluding hydrogens is 320 g/mol. The topological polar surface area (TPSA) is 67.9 Å². The molecule has 1 aromatic rings. The maximum atomic E-state index is 12.2. The summed E-state index contributed by atoms with van der Waals surface area (Å²) in [5.74, 6) is 1.57. The van der Waals surface area contributed by atoms with Crippen molar-refractivity contribution < 1.29 is 19.1 Å². The number of hydrogen-bond donors (Lipinski definition) is 1. The predicted molar refractivity (Wildman–Crippen MR) is 93.6 cm³/mol. The molecular formula is C19H26N2O4. The van der Waals surface area contributed by atoms with Crippen LogP contribution in [0.2, 0.25) is 0 Å². The number of nitrogens with zero attached hydrogens (tertiary/aromatic N) is 1. The Balaban J connectivity index is 1.35. The predicted octanol–water partition coefficient (Wildman–Crippen LogP) is 3.10. The molecule has 6 heteroatoms. The summed E-state index contributed by atoms with van der Waals surface area (Å²) in [7, 11) is 0. The molecule has 0 unspecified atom stereocenters. The third-order valence-electron chi connectivity index (χ3n) is 5.36. The molecule has 1 saturated heterocycles. The number of ether oxygens (including phenoxy) is 2. The van der Waals surface area contributed by atoms with Gasteiger partial charge in [0.15, 0.2) is 11.5 Å². The van der Waals surface area contributed by atoms with Gasteiger partial charge < -0.3 is 14.8 Å². The number of nitrogens with one attached hydrogen (secondary N) is 1. The van der Waals surface area contributed by atoms with Gasteiger partial charge in [-0.3, -0.25) is 9.69 Å². The highest BCUT2D eigenvalue weighted by Crippen LogP contribution is 2.38. The monoisotopic (exact) mass is 346 g/mol. The minimum absolute atomic E-state index is 0.0321. The van der Waals surface area contributed by atoms with Crippen LogP contribution in [0, 0.1) is 5.41 Å². The molecule has 0 aliphatic carbocycles. The number of rotatable bonds is 7. The number of amides is 3. The summed E-state index contributed by atoms with van der Waals surface area (Å²) in [6, 6.07) is 5.72. The van der Waals surface area contributed by atoms with Gasteiger partial charge in [-0.1, -0.05) is 19.9 Å². The third kappa shape index (κ3) is 3.43. The zero-order valence-corrected chi connectivity index (χ0v) is 15.0. The fourth-order valence-electron chi connectivity index (χ4n) is 3.42. The molecule has 0 aromatic heterocycles. The van der Waals surface area contributed by atoms with Gasteiger partial charge in [0.25, 0.3) is 0 Å². The van der Waals surface area contributed by atoms with E-state index in [2.05, 4.69) is 5.32 Å². The lowest BCUT2D eigenvalue weighted by Crippen LogP contribution is -2.64. The van der Waals surface area contributed by atoms with Gasteiger partial charge >= 0.3 is 6.03 Å². The molecule has 6 nitrogen and oxygen atoms in total. The molecule has 1 N–H and O–H groups in total. The molecule has 0 bridgehead atoms. The number of carbonyl (C=O) groups is 2. The highest BCUT2D eigenvalue weighted by atomic mass is 16.7. The number of hydrogen-bond acceptors (Lipinski definition) is 4. The average molecular weight is 346 g/mol. The standard InChI is InChI=1S/C19H26N2O4/c1-3-19(4-2)12-21(17(19)22)18(23)20-10-6-5-7-14-8-9-15-16(11-14)25-13-24-15/h8-9,11H,3-7,10,12-13H2,1-2H3,(H,20,23). The number of aryl methyl sites for hydroxylation is 1. The fraction of sp³-hybridized carbons (Fsp3) is 0.579. The van der Waals surface area contributed by atoms with Crippen LogP contribution in [0.4, 0.5) is 4.79 Å². The van der Waals surface area contributed by atoms with Crippen molar-refractivity contribution in [2.24, 2.45) is 5.41 Å². The Morgan fingerprint density at radius 1 is 1.20 bits per heavy atom. The molecule has 0 saturated carbocycles. The van der Waals surface area contributed by atoms with Crippen LogP contribution in [-0.4, -0.2) is 36.7 Å². The molecule has 0 atom stereocenters. The molecule has 136 valence electrons. The second kappa shape index (κ2) is 7.33. The number of fused-ring (bicyclic) bond motifs is 1. The zero-order valence-electron chi connectivity index (χ0n) is 15.0. The Kier molecular flexibility index (Phi) is 5.16. The Labute approximate surface area is 148 Å². The number of imide groups is 1. The summed E-state index contributed by atoms with van der Waals surface area (Å²) in [6.07, 6.45) is 4.34. The number of urea groups is 1. The van der Waals surface area contributed by atoms with E-state index >= 15 is 0 Å². The molecule has 3 rings (SSSR count). The van der Waals surface area contributed by atoms with Gasteiger partial charge in [-0.05, 0) is 49.8 Å². The third-order valence-corrected chi connectivity index (χ3v) is 5.36. The van der Waals surface area contributed by atoms with Gasteiger partial charge in [-0.25, -0.2) is 4.79 Å². The van der Waals surface area contributed by atoms with Gasteiger partial charge in [0.05, 0.1) is 5.41 Å². The highest BCUT2D eigenvalue weighted by Gasteiger charge is 2.51. The summed E-state index contributed by atoms with van der Waals surface area (Å²) in [6.45, 7) is 5.43. The molecule has 2 aliphatic heterocycles. The van der Waals surface area contributed by atoms with Crippen molar-refractivity contribution in [3.05, 3.63) is 23.8 Å². The van der Waals surface area contributed by atoms with Crippen LogP contribution in [0.5, 0.6) is 11.5 Å². The smallest absolute Gasteiger partial charge is 0.324 e. The van der Waals surface area contributed by atoms with E-state index in [4.69, 9.17) is 9.47 Å². The van der Waals surface area contributed by atoms with E-state index in [1.54, 1.807) is 0 Å². The van der Waals surface area contributed by atoms with Crippen molar-refractivity contribution in [1.29, 1.82) is 0 Å². The minimum Gasteiger partial charge on any atom is -0.454 e. The first kappa shape index (κ1) is 17.6. The van der Waals surface area contributed by atoms with E-state index in [9.17, 15) is 9.59 Å². The summed E-state index contributed by atoms with van der Waals surface area (Å²) < 4.78 is 10.7. The minimum atomic E-state index is -0.309. The summed E-state index contributed by atoms with van der Waals surface area (Å²) in [5.41, 5.74) is 0.889.